The smallest absolute Gasteiger partial charge is 0.145 e. The number of Topliss-reactive ketones (excluding diaryl/α,β-unsaturated/α-hetero) is 1. The average Bonchev–Trinajstić information content (AvgIpc) is 2.49. The lowest BCUT2D eigenvalue weighted by molar-refractivity contribution is -0.126. The number of hydrogen-bond acceptors (Lipinski definition) is 2. The Labute approximate surface area is 145 Å². The van der Waals surface area contributed by atoms with Crippen molar-refractivity contribution in [1.82, 2.24) is 0 Å². The molecule has 0 bridgehead atoms. The van der Waals surface area contributed by atoms with Gasteiger partial charge in [-0.25, -0.2) is 0 Å². The number of aryl methyl sites for hydroxylation is 1. The molecular formula is C20H21BrO2. The average molecular weight is 373 g/mol. The number of halogens is 1. The highest BCUT2D eigenvalue weighted by atomic mass is 79.9. The zero-order valence-electron chi connectivity index (χ0n) is 13.4. The molecule has 1 saturated carbocycles. The van der Waals surface area contributed by atoms with Crippen molar-refractivity contribution in [2.75, 3.05) is 0 Å². The van der Waals surface area contributed by atoms with Crippen molar-refractivity contribution in [3.63, 3.8) is 0 Å². The van der Waals surface area contributed by atoms with E-state index in [1.807, 2.05) is 36.4 Å². The molecule has 120 valence electrons. The van der Waals surface area contributed by atoms with Crippen LogP contribution in [0.5, 0.6) is 0 Å². The second-order valence-corrected chi connectivity index (χ2v) is 7.42. The highest BCUT2D eigenvalue weighted by Crippen LogP contribution is 2.50. The molecular weight excluding hydrogens is 352 g/mol. The lowest BCUT2D eigenvalue weighted by Crippen LogP contribution is -2.50. The molecule has 3 rings (SSSR count). The van der Waals surface area contributed by atoms with Crippen LogP contribution in [0.2, 0.25) is 0 Å². The number of rotatable bonds is 4. The van der Waals surface area contributed by atoms with Crippen LogP contribution in [0.3, 0.4) is 0 Å². The quantitative estimate of drug-likeness (QED) is 0.863. The van der Waals surface area contributed by atoms with Gasteiger partial charge in [0.15, 0.2) is 0 Å². The Morgan fingerprint density at radius 1 is 1.13 bits per heavy atom. The van der Waals surface area contributed by atoms with Gasteiger partial charge in [-0.1, -0.05) is 52.3 Å². The van der Waals surface area contributed by atoms with Crippen LogP contribution in [0.1, 0.15) is 36.5 Å². The molecule has 0 radical (unpaired) electrons. The Morgan fingerprint density at radius 3 is 2.26 bits per heavy atom. The number of benzene rings is 2. The fourth-order valence-corrected chi connectivity index (χ4v) is 4.23. The molecule has 1 fully saturated rings. The Kier molecular flexibility index (Phi) is 4.43. The molecule has 0 aromatic heterocycles. The molecule has 1 unspecified atom stereocenters. The SMILES string of the molecule is CC(=O)C(c1ccc(Br)cc1)(c1ccccc1C)C1CC(O)C1. The van der Waals surface area contributed by atoms with E-state index in [0.29, 0.717) is 12.8 Å². The second kappa shape index (κ2) is 6.21. The van der Waals surface area contributed by atoms with Gasteiger partial charge in [-0.15, -0.1) is 0 Å². The van der Waals surface area contributed by atoms with E-state index in [1.165, 1.54) is 0 Å². The maximum absolute atomic E-state index is 13.0. The first-order chi connectivity index (χ1) is 11.0. The first-order valence-corrected chi connectivity index (χ1v) is 8.76. The molecule has 1 N–H and O–H groups in total. The van der Waals surface area contributed by atoms with E-state index >= 15 is 0 Å². The van der Waals surface area contributed by atoms with Crippen LogP contribution in [0.25, 0.3) is 0 Å². The van der Waals surface area contributed by atoms with Gasteiger partial charge >= 0.3 is 0 Å². The van der Waals surface area contributed by atoms with E-state index in [2.05, 4.69) is 35.0 Å². The van der Waals surface area contributed by atoms with E-state index < -0.39 is 5.41 Å². The molecule has 1 atom stereocenters. The Morgan fingerprint density at radius 2 is 1.74 bits per heavy atom. The van der Waals surface area contributed by atoms with Crippen molar-refractivity contribution in [2.45, 2.75) is 38.2 Å². The minimum absolute atomic E-state index is 0.136. The molecule has 1 aliphatic rings. The fraction of sp³-hybridized carbons (Fsp3) is 0.350. The normalized spacial score (nSPS) is 23.0. The summed E-state index contributed by atoms with van der Waals surface area (Å²) in [6.45, 7) is 3.74. The van der Waals surface area contributed by atoms with Crippen LogP contribution < -0.4 is 0 Å². The highest BCUT2D eigenvalue weighted by Gasteiger charge is 2.51. The summed E-state index contributed by atoms with van der Waals surface area (Å²) in [5, 5.41) is 9.85. The van der Waals surface area contributed by atoms with Crippen molar-refractivity contribution < 1.29 is 9.90 Å². The fourth-order valence-electron chi connectivity index (χ4n) is 3.96. The van der Waals surface area contributed by atoms with Crippen LogP contribution in [-0.4, -0.2) is 17.0 Å². The number of carbonyl (C=O) groups excluding carboxylic acids is 1. The third-order valence-electron chi connectivity index (χ3n) is 5.15. The number of ketones is 1. The van der Waals surface area contributed by atoms with Gasteiger partial charge in [-0.3, -0.25) is 4.79 Å². The van der Waals surface area contributed by atoms with Gasteiger partial charge < -0.3 is 5.11 Å². The van der Waals surface area contributed by atoms with Crippen molar-refractivity contribution in [1.29, 1.82) is 0 Å². The molecule has 2 aromatic carbocycles. The van der Waals surface area contributed by atoms with Crippen LogP contribution in [0.4, 0.5) is 0 Å². The molecule has 0 saturated heterocycles. The summed E-state index contributed by atoms with van der Waals surface area (Å²) in [7, 11) is 0. The molecule has 0 heterocycles. The predicted molar refractivity (Wildman–Crippen MR) is 95.5 cm³/mol. The van der Waals surface area contributed by atoms with Gasteiger partial charge in [0.2, 0.25) is 0 Å². The van der Waals surface area contributed by atoms with Gasteiger partial charge in [0.1, 0.15) is 5.78 Å². The standard InChI is InChI=1S/C20H21BrO2/c1-13-5-3-4-6-19(13)20(14(2)22,16-11-18(23)12-16)15-7-9-17(21)10-8-15/h3-10,16,18,23H,11-12H2,1-2H3. The van der Waals surface area contributed by atoms with Gasteiger partial charge in [0, 0.05) is 4.47 Å². The number of aliphatic hydroxyl groups excluding tert-OH is 1. The lowest BCUT2D eigenvalue weighted by Gasteiger charge is -2.47. The predicted octanol–water partition coefficient (Wildman–Crippen LogP) is 4.40. The topological polar surface area (TPSA) is 37.3 Å². The van der Waals surface area contributed by atoms with Crippen molar-refractivity contribution >= 4 is 21.7 Å². The summed E-state index contributed by atoms with van der Waals surface area (Å²) >= 11 is 3.47. The van der Waals surface area contributed by atoms with Gasteiger partial charge in [-0.05, 0) is 61.4 Å². The molecule has 23 heavy (non-hydrogen) atoms. The number of aliphatic hydroxyl groups is 1. The third kappa shape index (κ3) is 2.66. The zero-order chi connectivity index (χ0) is 16.6. The molecule has 0 spiro atoms. The van der Waals surface area contributed by atoms with Crippen molar-refractivity contribution in [3.8, 4) is 0 Å². The molecule has 3 heteroatoms. The van der Waals surface area contributed by atoms with E-state index in [-0.39, 0.29) is 17.8 Å². The minimum Gasteiger partial charge on any atom is -0.393 e. The van der Waals surface area contributed by atoms with E-state index in [9.17, 15) is 9.90 Å². The van der Waals surface area contributed by atoms with Gasteiger partial charge in [-0.2, -0.15) is 0 Å². The first kappa shape index (κ1) is 16.4. The Balaban J connectivity index is 2.25. The molecule has 2 nitrogen and oxygen atoms in total. The van der Waals surface area contributed by atoms with Crippen LogP contribution in [0.15, 0.2) is 53.0 Å². The summed E-state index contributed by atoms with van der Waals surface area (Å²) in [5.41, 5.74) is 2.52. The molecule has 0 amide bonds. The molecule has 0 aliphatic heterocycles. The minimum atomic E-state index is -0.675. The molecule has 1 aliphatic carbocycles. The van der Waals surface area contributed by atoms with Gasteiger partial charge in [0.05, 0.1) is 11.5 Å². The lowest BCUT2D eigenvalue weighted by atomic mass is 9.55. The monoisotopic (exact) mass is 372 g/mol. The van der Waals surface area contributed by atoms with Gasteiger partial charge in [0.25, 0.3) is 0 Å². The Hall–Kier alpha value is -1.45. The van der Waals surface area contributed by atoms with Crippen LogP contribution in [-0.2, 0) is 10.2 Å². The number of carbonyl (C=O) groups is 1. The summed E-state index contributed by atoms with van der Waals surface area (Å²) in [4.78, 5) is 13.0. The molecule has 2 aromatic rings. The Bertz CT molecular complexity index is 717. The third-order valence-corrected chi connectivity index (χ3v) is 5.68. The zero-order valence-corrected chi connectivity index (χ0v) is 15.0. The summed E-state index contributed by atoms with van der Waals surface area (Å²) in [6, 6.07) is 16.1. The summed E-state index contributed by atoms with van der Waals surface area (Å²) in [5.74, 6) is 0.281. The van der Waals surface area contributed by atoms with Crippen molar-refractivity contribution in [3.05, 3.63) is 69.7 Å². The van der Waals surface area contributed by atoms with Crippen LogP contribution in [0, 0.1) is 12.8 Å². The maximum Gasteiger partial charge on any atom is 0.145 e. The van der Waals surface area contributed by atoms with E-state index in [1.54, 1.807) is 6.92 Å². The highest BCUT2D eigenvalue weighted by molar-refractivity contribution is 9.10. The van der Waals surface area contributed by atoms with E-state index in [0.717, 1.165) is 21.2 Å². The summed E-state index contributed by atoms with van der Waals surface area (Å²) < 4.78 is 0.997. The number of hydrogen-bond donors (Lipinski definition) is 1. The second-order valence-electron chi connectivity index (χ2n) is 6.51. The van der Waals surface area contributed by atoms with Crippen molar-refractivity contribution in [2.24, 2.45) is 5.92 Å². The van der Waals surface area contributed by atoms with Crippen LogP contribution >= 0.6 is 15.9 Å². The van der Waals surface area contributed by atoms with E-state index in [4.69, 9.17) is 0 Å². The largest absolute Gasteiger partial charge is 0.393 e. The summed E-state index contributed by atoms with van der Waals surface area (Å²) in [6.07, 6.45) is 1.05. The first-order valence-electron chi connectivity index (χ1n) is 7.97. The maximum atomic E-state index is 13.0.